The molecule has 0 aromatic heterocycles. The van der Waals surface area contributed by atoms with Crippen LogP contribution in [0, 0.1) is 0 Å². The largest absolute Gasteiger partial charge is 0.493 e. The van der Waals surface area contributed by atoms with Gasteiger partial charge < -0.3 is 14.2 Å². The van der Waals surface area contributed by atoms with E-state index in [9.17, 15) is 4.79 Å². The van der Waals surface area contributed by atoms with Crippen LogP contribution < -0.4 is 9.47 Å². The maximum absolute atomic E-state index is 12.4. The van der Waals surface area contributed by atoms with Crippen molar-refractivity contribution in [2.75, 3.05) is 27.4 Å². The minimum Gasteiger partial charge on any atom is -0.493 e. The van der Waals surface area contributed by atoms with Crippen molar-refractivity contribution in [3.8, 4) is 11.5 Å². The molecule has 1 heterocycles. The normalized spacial score (nSPS) is 14.4. The first-order valence-corrected chi connectivity index (χ1v) is 9.73. The van der Waals surface area contributed by atoms with Gasteiger partial charge in [-0.1, -0.05) is 48.2 Å². The van der Waals surface area contributed by atoms with Crippen molar-refractivity contribution in [3.05, 3.63) is 71.8 Å². The van der Waals surface area contributed by atoms with Crippen LogP contribution in [0.4, 0.5) is 4.79 Å². The van der Waals surface area contributed by atoms with Crippen LogP contribution in [0.5, 0.6) is 11.5 Å². The van der Waals surface area contributed by atoms with Gasteiger partial charge in [0.15, 0.2) is 11.5 Å². The summed E-state index contributed by atoms with van der Waals surface area (Å²) in [7, 11) is 3.21. The number of methoxy groups -OCH3 is 2. The Bertz CT molecular complexity index is 879. The zero-order valence-corrected chi connectivity index (χ0v) is 16.8. The van der Waals surface area contributed by atoms with E-state index in [0.29, 0.717) is 31.1 Å². The van der Waals surface area contributed by atoms with Crippen molar-refractivity contribution in [3.63, 3.8) is 0 Å². The molecule has 0 N–H and O–H groups in total. The maximum Gasteiger partial charge on any atom is 0.414 e. The number of hydrogen-bond donors (Lipinski definition) is 0. The third-order valence-corrected chi connectivity index (χ3v) is 5.45. The molecule has 1 aliphatic heterocycles. The summed E-state index contributed by atoms with van der Waals surface area (Å²) in [5, 5.41) is 0.834. The number of allylic oxidation sites excluding steroid dienone is 2. The van der Waals surface area contributed by atoms with Gasteiger partial charge in [0.25, 0.3) is 0 Å². The minimum absolute atomic E-state index is 0.333. The predicted octanol–water partition coefficient (Wildman–Crippen LogP) is 5.19. The van der Waals surface area contributed by atoms with Crippen LogP contribution in [0.25, 0.3) is 5.57 Å². The summed E-state index contributed by atoms with van der Waals surface area (Å²) in [5.41, 5.74) is 2.07. The van der Waals surface area contributed by atoms with E-state index in [-0.39, 0.29) is 6.09 Å². The number of rotatable bonds is 8. The number of hydrogen-bond acceptors (Lipinski definition) is 5. The Kier molecular flexibility index (Phi) is 6.66. The second kappa shape index (κ2) is 9.37. The highest BCUT2D eigenvalue weighted by molar-refractivity contribution is 8.03. The van der Waals surface area contributed by atoms with Crippen LogP contribution in [0.1, 0.15) is 12.0 Å². The van der Waals surface area contributed by atoms with Gasteiger partial charge in [-0.3, -0.25) is 4.90 Å². The summed E-state index contributed by atoms with van der Waals surface area (Å²) >= 11 is 1.50. The summed E-state index contributed by atoms with van der Waals surface area (Å²) < 4.78 is 15.9. The number of amides is 1. The molecule has 5 nitrogen and oxygen atoms in total. The molecule has 6 heteroatoms. The molecular formula is C22H23NO4S. The topological polar surface area (TPSA) is 48.0 Å². The van der Waals surface area contributed by atoms with Crippen LogP contribution in [-0.4, -0.2) is 38.4 Å². The van der Waals surface area contributed by atoms with E-state index >= 15 is 0 Å². The number of cyclic esters (lactones) is 1. The standard InChI is InChI=1S/C22H23NO4S/c1-4-8-18(16-9-6-5-7-10-16)21(23-13-14-27-22(23)24)28-17-11-12-19(25-2)20(15-17)26-3/h4-7,9-12,15H,1,8,13-14H2,2-3H3/b21-18+. The van der Waals surface area contributed by atoms with Crippen molar-refractivity contribution in [2.45, 2.75) is 11.3 Å². The Morgan fingerprint density at radius 2 is 1.93 bits per heavy atom. The van der Waals surface area contributed by atoms with Crippen molar-refractivity contribution in [1.82, 2.24) is 4.90 Å². The first-order valence-electron chi connectivity index (χ1n) is 8.91. The quantitative estimate of drug-likeness (QED) is 0.453. The molecule has 0 radical (unpaired) electrons. The fourth-order valence-corrected chi connectivity index (χ4v) is 4.09. The Labute approximate surface area is 169 Å². The third kappa shape index (κ3) is 4.34. The van der Waals surface area contributed by atoms with E-state index in [1.165, 1.54) is 11.8 Å². The van der Waals surface area contributed by atoms with Crippen LogP contribution in [0.15, 0.2) is 71.1 Å². The number of benzene rings is 2. The highest BCUT2D eigenvalue weighted by Gasteiger charge is 2.29. The molecule has 0 atom stereocenters. The van der Waals surface area contributed by atoms with Gasteiger partial charge in [-0.25, -0.2) is 4.79 Å². The molecule has 0 bridgehead atoms. The average Bonchev–Trinajstić information content (AvgIpc) is 3.16. The fourth-order valence-electron chi connectivity index (χ4n) is 2.96. The highest BCUT2D eigenvalue weighted by Crippen LogP contribution is 2.41. The number of carbonyl (C=O) groups excluding carboxylic acids is 1. The second-order valence-corrected chi connectivity index (χ2v) is 7.09. The van der Waals surface area contributed by atoms with Crippen LogP contribution in [0.3, 0.4) is 0 Å². The first kappa shape index (κ1) is 19.9. The summed E-state index contributed by atoms with van der Waals surface area (Å²) in [6.07, 6.45) is 2.14. The molecule has 146 valence electrons. The molecule has 1 aliphatic rings. The van der Waals surface area contributed by atoms with Crippen molar-refractivity contribution in [1.29, 1.82) is 0 Å². The molecule has 0 spiro atoms. The molecule has 0 aliphatic carbocycles. The van der Waals surface area contributed by atoms with Crippen molar-refractivity contribution < 1.29 is 19.0 Å². The third-order valence-electron chi connectivity index (χ3n) is 4.30. The number of thioether (sulfide) groups is 1. The summed E-state index contributed by atoms with van der Waals surface area (Å²) in [6, 6.07) is 15.7. The van der Waals surface area contributed by atoms with Crippen LogP contribution in [0.2, 0.25) is 0 Å². The number of ether oxygens (including phenoxy) is 3. The lowest BCUT2D eigenvalue weighted by atomic mass is 10.0. The number of carbonyl (C=O) groups is 1. The van der Waals surface area contributed by atoms with Crippen molar-refractivity contribution >= 4 is 23.4 Å². The maximum atomic E-state index is 12.4. The van der Waals surface area contributed by atoms with Gasteiger partial charge >= 0.3 is 6.09 Å². The molecule has 3 rings (SSSR count). The molecule has 28 heavy (non-hydrogen) atoms. The lowest BCUT2D eigenvalue weighted by molar-refractivity contribution is 0.165. The summed E-state index contributed by atoms with van der Waals surface area (Å²) in [6.45, 7) is 4.79. The van der Waals surface area contributed by atoms with Gasteiger partial charge in [-0.05, 0) is 35.8 Å². The SMILES string of the molecule is C=CC/C(=C(\Sc1ccc(OC)c(OC)c1)N1CCOC1=O)c1ccccc1. The zero-order valence-electron chi connectivity index (χ0n) is 16.0. The van der Waals surface area contributed by atoms with Gasteiger partial charge in [0, 0.05) is 4.90 Å². The number of nitrogens with zero attached hydrogens (tertiary/aromatic N) is 1. The van der Waals surface area contributed by atoms with Gasteiger partial charge in [0.1, 0.15) is 6.61 Å². The lowest BCUT2D eigenvalue weighted by Crippen LogP contribution is -2.23. The van der Waals surface area contributed by atoms with Crippen LogP contribution in [-0.2, 0) is 4.74 Å². The van der Waals surface area contributed by atoms with Gasteiger partial charge in [-0.15, -0.1) is 6.58 Å². The molecule has 2 aromatic carbocycles. The van der Waals surface area contributed by atoms with Gasteiger partial charge in [-0.2, -0.15) is 0 Å². The van der Waals surface area contributed by atoms with E-state index in [4.69, 9.17) is 14.2 Å². The van der Waals surface area contributed by atoms with E-state index in [2.05, 4.69) is 6.58 Å². The minimum atomic E-state index is -0.333. The van der Waals surface area contributed by atoms with Gasteiger partial charge in [0.2, 0.25) is 0 Å². The van der Waals surface area contributed by atoms with Crippen molar-refractivity contribution in [2.24, 2.45) is 0 Å². The first-order chi connectivity index (χ1) is 13.7. The molecular weight excluding hydrogens is 374 g/mol. The highest BCUT2D eigenvalue weighted by atomic mass is 32.2. The molecule has 0 unspecified atom stereocenters. The van der Waals surface area contributed by atoms with Crippen LogP contribution >= 0.6 is 11.8 Å². The summed E-state index contributed by atoms with van der Waals surface area (Å²) in [5.74, 6) is 1.30. The molecule has 2 aromatic rings. The Morgan fingerprint density at radius 3 is 2.54 bits per heavy atom. The molecule has 1 amide bonds. The van der Waals surface area contributed by atoms with Gasteiger partial charge in [0.05, 0.1) is 25.8 Å². The monoisotopic (exact) mass is 397 g/mol. The second-order valence-electron chi connectivity index (χ2n) is 6.03. The average molecular weight is 397 g/mol. The van der Waals surface area contributed by atoms with E-state index in [1.807, 2.05) is 54.6 Å². The Hall–Kier alpha value is -2.86. The predicted molar refractivity (Wildman–Crippen MR) is 112 cm³/mol. The molecule has 1 saturated heterocycles. The Balaban J connectivity index is 2.09. The lowest BCUT2D eigenvalue weighted by Gasteiger charge is -2.22. The smallest absolute Gasteiger partial charge is 0.414 e. The van der Waals surface area contributed by atoms with E-state index in [0.717, 1.165) is 21.1 Å². The van der Waals surface area contributed by atoms with E-state index < -0.39 is 0 Å². The summed E-state index contributed by atoms with van der Waals surface area (Å²) in [4.78, 5) is 15.0. The molecule has 0 saturated carbocycles. The Morgan fingerprint density at radius 1 is 1.18 bits per heavy atom. The zero-order chi connectivity index (χ0) is 19.9. The fraction of sp³-hybridized carbons (Fsp3) is 0.227. The molecule has 1 fully saturated rings. The van der Waals surface area contributed by atoms with E-state index in [1.54, 1.807) is 19.1 Å².